The molecule has 3 rings (SSSR count). The van der Waals surface area contributed by atoms with Crippen molar-refractivity contribution in [2.24, 2.45) is 0 Å². The van der Waals surface area contributed by atoms with Gasteiger partial charge in [0, 0.05) is 17.4 Å². The maximum atomic E-state index is 13.8. The van der Waals surface area contributed by atoms with Gasteiger partial charge in [0.1, 0.15) is 11.4 Å². The number of amides is 1. The minimum atomic E-state index is -0.840. The van der Waals surface area contributed by atoms with E-state index in [-0.39, 0.29) is 17.7 Å². The van der Waals surface area contributed by atoms with Gasteiger partial charge in [0.05, 0.1) is 18.2 Å². The lowest BCUT2D eigenvalue weighted by molar-refractivity contribution is 0.102. The summed E-state index contributed by atoms with van der Waals surface area (Å²) in [6.07, 6.45) is 1.02. The Kier molecular flexibility index (Phi) is 4.95. The summed E-state index contributed by atoms with van der Waals surface area (Å²) >= 11 is 0. The molecule has 0 saturated carbocycles. The Morgan fingerprint density at radius 3 is 2.52 bits per heavy atom. The van der Waals surface area contributed by atoms with Crippen molar-refractivity contribution in [1.29, 1.82) is 5.26 Å². The fourth-order valence-corrected chi connectivity index (χ4v) is 2.44. The molecule has 1 amide bonds. The van der Waals surface area contributed by atoms with Crippen molar-refractivity contribution >= 4 is 11.6 Å². The van der Waals surface area contributed by atoms with Crippen LogP contribution < -0.4 is 16.6 Å². The molecule has 2 N–H and O–H groups in total. The second kappa shape index (κ2) is 7.49. The molecule has 0 fully saturated rings. The number of nitrogens with one attached hydrogen (secondary N) is 2. The lowest BCUT2D eigenvalue weighted by Crippen LogP contribution is -2.39. The van der Waals surface area contributed by atoms with Crippen LogP contribution in [0.15, 0.2) is 64.3 Å². The van der Waals surface area contributed by atoms with Crippen molar-refractivity contribution in [2.45, 2.75) is 6.54 Å². The highest BCUT2D eigenvalue weighted by molar-refractivity contribution is 6.03. The molecule has 8 heteroatoms. The molecule has 0 unspecified atom stereocenters. The van der Waals surface area contributed by atoms with Crippen molar-refractivity contribution in [3.05, 3.63) is 98.1 Å². The first-order valence-electron chi connectivity index (χ1n) is 7.87. The number of hydrogen-bond acceptors (Lipinski definition) is 4. The third-order valence-corrected chi connectivity index (χ3v) is 3.86. The van der Waals surface area contributed by atoms with Crippen LogP contribution in [-0.4, -0.2) is 15.5 Å². The first-order valence-corrected chi connectivity index (χ1v) is 7.87. The van der Waals surface area contributed by atoms with Crippen molar-refractivity contribution < 1.29 is 9.18 Å². The highest BCUT2D eigenvalue weighted by atomic mass is 19.1. The number of hydrogen-bond donors (Lipinski definition) is 2. The summed E-state index contributed by atoms with van der Waals surface area (Å²) in [4.78, 5) is 39.2. The highest BCUT2D eigenvalue weighted by Crippen LogP contribution is 2.10. The van der Waals surface area contributed by atoms with Crippen LogP contribution >= 0.6 is 0 Å². The zero-order chi connectivity index (χ0) is 19.4. The number of halogens is 1. The third-order valence-electron chi connectivity index (χ3n) is 3.86. The van der Waals surface area contributed by atoms with Gasteiger partial charge in [-0.3, -0.25) is 14.2 Å². The van der Waals surface area contributed by atoms with Gasteiger partial charge in [-0.15, -0.1) is 0 Å². The van der Waals surface area contributed by atoms with Gasteiger partial charge in [0.25, 0.3) is 11.5 Å². The Morgan fingerprint density at radius 2 is 1.85 bits per heavy atom. The largest absolute Gasteiger partial charge is 0.328 e. The molecular weight excluding hydrogens is 351 g/mol. The Labute approximate surface area is 152 Å². The summed E-state index contributed by atoms with van der Waals surface area (Å²) in [6.45, 7) is -0.307. The Morgan fingerprint density at radius 1 is 1.15 bits per heavy atom. The van der Waals surface area contributed by atoms with Crippen molar-refractivity contribution in [3.8, 4) is 6.07 Å². The summed E-state index contributed by atoms with van der Waals surface area (Å²) in [5.74, 6) is -1.29. The molecule has 0 aliphatic rings. The van der Waals surface area contributed by atoms with E-state index in [2.05, 4.69) is 10.3 Å². The molecule has 0 bridgehead atoms. The van der Waals surface area contributed by atoms with Crippen LogP contribution in [-0.2, 0) is 6.54 Å². The van der Waals surface area contributed by atoms with E-state index >= 15 is 0 Å². The molecule has 1 heterocycles. The molecular formula is C19H13FN4O3. The number of carbonyl (C=O) groups excluding carboxylic acids is 1. The van der Waals surface area contributed by atoms with Gasteiger partial charge in [-0.2, -0.15) is 5.26 Å². The summed E-state index contributed by atoms with van der Waals surface area (Å²) in [5, 5.41) is 11.3. The number of rotatable bonds is 4. The smallest absolute Gasteiger partial charge is 0.322 e. The maximum absolute atomic E-state index is 13.8. The molecule has 134 valence electrons. The Balaban J connectivity index is 1.91. The second-order valence-corrected chi connectivity index (χ2v) is 5.63. The lowest BCUT2D eigenvalue weighted by atomic mass is 10.2. The normalized spacial score (nSPS) is 10.2. The minimum Gasteiger partial charge on any atom is -0.322 e. The summed E-state index contributed by atoms with van der Waals surface area (Å²) in [7, 11) is 0. The average Bonchev–Trinajstić information content (AvgIpc) is 2.67. The third kappa shape index (κ3) is 3.82. The molecule has 27 heavy (non-hydrogen) atoms. The second-order valence-electron chi connectivity index (χ2n) is 5.63. The van der Waals surface area contributed by atoms with Gasteiger partial charge in [0.2, 0.25) is 0 Å². The van der Waals surface area contributed by atoms with E-state index in [0.29, 0.717) is 11.3 Å². The summed E-state index contributed by atoms with van der Waals surface area (Å²) < 4.78 is 14.6. The van der Waals surface area contributed by atoms with Gasteiger partial charge in [-0.1, -0.05) is 18.2 Å². The fourth-order valence-electron chi connectivity index (χ4n) is 2.44. The van der Waals surface area contributed by atoms with Crippen molar-refractivity contribution in [1.82, 2.24) is 9.55 Å². The fraction of sp³-hybridized carbons (Fsp3) is 0.0526. The quantitative estimate of drug-likeness (QED) is 0.736. The van der Waals surface area contributed by atoms with Crippen LogP contribution in [0.5, 0.6) is 0 Å². The number of anilines is 1. The van der Waals surface area contributed by atoms with Crippen LogP contribution in [0.4, 0.5) is 10.1 Å². The molecule has 2 aromatic carbocycles. The number of nitriles is 1. The standard InChI is InChI=1S/C19H13FN4O3/c20-16-4-2-1-3-13(16)11-24-18(26)15(10-22-19(24)27)17(25)23-14-7-5-12(9-21)6-8-14/h1-8,10H,11H2,(H,22,27)(H,23,25). The first-order chi connectivity index (χ1) is 13.0. The number of H-pyrrole nitrogens is 1. The van der Waals surface area contributed by atoms with E-state index in [1.807, 2.05) is 6.07 Å². The van der Waals surface area contributed by atoms with Crippen molar-refractivity contribution in [3.63, 3.8) is 0 Å². The van der Waals surface area contributed by atoms with Crippen LogP contribution in [0.2, 0.25) is 0 Å². The Bertz CT molecular complexity index is 1160. The number of aromatic nitrogens is 2. The highest BCUT2D eigenvalue weighted by Gasteiger charge is 2.16. The zero-order valence-electron chi connectivity index (χ0n) is 13.9. The molecule has 0 aliphatic heterocycles. The van der Waals surface area contributed by atoms with E-state index in [9.17, 15) is 18.8 Å². The van der Waals surface area contributed by atoms with Gasteiger partial charge in [-0.05, 0) is 30.3 Å². The number of benzene rings is 2. The van der Waals surface area contributed by atoms with E-state index in [1.54, 1.807) is 6.07 Å². The zero-order valence-corrected chi connectivity index (χ0v) is 13.9. The van der Waals surface area contributed by atoms with Crippen LogP contribution in [0.3, 0.4) is 0 Å². The number of carbonyl (C=O) groups is 1. The summed E-state index contributed by atoms with van der Waals surface area (Å²) in [5.41, 5.74) is -0.939. The number of aromatic amines is 1. The molecule has 0 saturated heterocycles. The Hall–Kier alpha value is -3.99. The molecule has 7 nitrogen and oxygen atoms in total. The number of nitrogens with zero attached hydrogens (tertiary/aromatic N) is 2. The van der Waals surface area contributed by atoms with Gasteiger partial charge in [-0.25, -0.2) is 9.18 Å². The lowest BCUT2D eigenvalue weighted by Gasteiger charge is -2.09. The topological polar surface area (TPSA) is 108 Å². The van der Waals surface area contributed by atoms with Gasteiger partial charge < -0.3 is 10.3 Å². The van der Waals surface area contributed by atoms with E-state index in [0.717, 1.165) is 10.8 Å². The van der Waals surface area contributed by atoms with Crippen LogP contribution in [0.1, 0.15) is 21.5 Å². The average molecular weight is 364 g/mol. The first kappa shape index (κ1) is 17.8. The van der Waals surface area contributed by atoms with Crippen LogP contribution in [0.25, 0.3) is 0 Å². The van der Waals surface area contributed by atoms with Crippen LogP contribution in [0, 0.1) is 17.1 Å². The molecule has 1 aromatic heterocycles. The van der Waals surface area contributed by atoms with E-state index < -0.39 is 23.0 Å². The molecule has 0 aliphatic carbocycles. The van der Waals surface area contributed by atoms with Crippen molar-refractivity contribution in [2.75, 3.05) is 5.32 Å². The maximum Gasteiger partial charge on any atom is 0.328 e. The SMILES string of the molecule is N#Cc1ccc(NC(=O)c2c[nH]c(=O)n(Cc3ccccc3F)c2=O)cc1. The predicted octanol–water partition coefficient (Wildman–Crippen LogP) is 1.85. The molecule has 3 aromatic rings. The minimum absolute atomic E-state index is 0.148. The summed E-state index contributed by atoms with van der Waals surface area (Å²) in [6, 6.07) is 13.7. The molecule has 0 spiro atoms. The van der Waals surface area contributed by atoms with E-state index in [4.69, 9.17) is 5.26 Å². The predicted molar refractivity (Wildman–Crippen MR) is 95.9 cm³/mol. The molecule has 0 radical (unpaired) electrons. The van der Waals surface area contributed by atoms with Gasteiger partial charge in [0.15, 0.2) is 0 Å². The van der Waals surface area contributed by atoms with Gasteiger partial charge >= 0.3 is 5.69 Å². The molecule has 0 atom stereocenters. The van der Waals surface area contributed by atoms with E-state index in [1.165, 1.54) is 42.5 Å². The monoisotopic (exact) mass is 364 g/mol.